The number of thiophene rings is 1. The fourth-order valence-corrected chi connectivity index (χ4v) is 1.75. The third kappa shape index (κ3) is 2.00. The van der Waals surface area contributed by atoms with Gasteiger partial charge in [-0.2, -0.15) is 5.26 Å². The van der Waals surface area contributed by atoms with Crippen LogP contribution in [0.15, 0.2) is 5.38 Å². The first-order valence-electron chi connectivity index (χ1n) is 2.68. The molecule has 58 valence electrons. The highest BCUT2D eigenvalue weighted by molar-refractivity contribution is 7.13. The van der Waals surface area contributed by atoms with Crippen LogP contribution in [-0.2, 0) is 0 Å². The van der Waals surface area contributed by atoms with Gasteiger partial charge in [0.1, 0.15) is 11.1 Å². The van der Waals surface area contributed by atoms with Crippen LogP contribution in [0.25, 0.3) is 0 Å². The van der Waals surface area contributed by atoms with E-state index in [4.69, 9.17) is 33.2 Å². The molecule has 0 N–H and O–H groups in total. The highest BCUT2D eigenvalue weighted by Gasteiger charge is 2.07. The zero-order valence-corrected chi connectivity index (χ0v) is 7.63. The third-order valence-electron chi connectivity index (χ3n) is 0.926. The minimum atomic E-state index is -0.00341. The number of halogens is 2. The molecule has 0 aromatic carbocycles. The van der Waals surface area contributed by atoms with E-state index in [9.17, 15) is 0 Å². The molecule has 0 atom stereocenters. The lowest BCUT2D eigenvalue weighted by molar-refractivity contribution is 0.379. The molecule has 0 aliphatic rings. The molecule has 0 aliphatic heterocycles. The normalized spacial score (nSPS) is 9.18. The quantitative estimate of drug-likeness (QED) is 0.748. The molecule has 2 nitrogen and oxygen atoms in total. The smallest absolute Gasteiger partial charge is 0.195 e. The van der Waals surface area contributed by atoms with Crippen molar-refractivity contribution in [3.05, 3.63) is 15.4 Å². The van der Waals surface area contributed by atoms with E-state index in [0.717, 1.165) is 0 Å². The SMILES string of the molecule is N#CCOc1scc(Cl)c1Cl. The van der Waals surface area contributed by atoms with Gasteiger partial charge < -0.3 is 4.74 Å². The number of hydrogen-bond donors (Lipinski definition) is 0. The van der Waals surface area contributed by atoms with Crippen LogP contribution in [0, 0.1) is 11.3 Å². The van der Waals surface area contributed by atoms with Crippen LogP contribution in [-0.4, -0.2) is 6.61 Å². The summed E-state index contributed by atoms with van der Waals surface area (Å²) in [5, 5.41) is 11.2. The molecule has 0 unspecified atom stereocenters. The standard InChI is InChI=1S/C6H3Cl2NOS/c7-4-3-11-6(5(4)8)10-2-1-9/h3H,2H2. The lowest BCUT2D eigenvalue weighted by Gasteiger charge is -1.95. The molecule has 0 amide bonds. The maximum Gasteiger partial charge on any atom is 0.195 e. The van der Waals surface area contributed by atoms with Gasteiger partial charge in [-0.3, -0.25) is 0 Å². The van der Waals surface area contributed by atoms with Crippen molar-refractivity contribution in [1.29, 1.82) is 5.26 Å². The topological polar surface area (TPSA) is 33.0 Å². The van der Waals surface area contributed by atoms with Crippen molar-refractivity contribution in [2.24, 2.45) is 0 Å². The molecule has 1 aromatic rings. The van der Waals surface area contributed by atoms with E-state index < -0.39 is 0 Å². The maximum absolute atomic E-state index is 8.18. The minimum Gasteiger partial charge on any atom is -0.468 e. The fourth-order valence-electron chi connectivity index (χ4n) is 0.501. The summed E-state index contributed by atoms with van der Waals surface area (Å²) in [6.45, 7) is -0.00341. The Hall–Kier alpha value is -0.430. The first-order chi connectivity index (χ1) is 5.25. The van der Waals surface area contributed by atoms with E-state index in [2.05, 4.69) is 0 Å². The third-order valence-corrected chi connectivity index (χ3v) is 2.83. The van der Waals surface area contributed by atoms with E-state index in [1.54, 1.807) is 5.38 Å². The van der Waals surface area contributed by atoms with Crippen molar-refractivity contribution in [2.45, 2.75) is 0 Å². The van der Waals surface area contributed by atoms with Gasteiger partial charge in [-0.1, -0.05) is 23.2 Å². The highest BCUT2D eigenvalue weighted by atomic mass is 35.5. The first kappa shape index (κ1) is 8.66. The second-order valence-electron chi connectivity index (χ2n) is 1.63. The molecule has 0 saturated heterocycles. The highest BCUT2D eigenvalue weighted by Crippen LogP contribution is 2.38. The van der Waals surface area contributed by atoms with E-state index in [1.165, 1.54) is 11.3 Å². The second-order valence-corrected chi connectivity index (χ2v) is 3.26. The van der Waals surface area contributed by atoms with Crippen LogP contribution >= 0.6 is 34.5 Å². The molecule has 5 heteroatoms. The Balaban J connectivity index is 2.72. The molecule has 0 aliphatic carbocycles. The number of hydrogen-bond acceptors (Lipinski definition) is 3. The molecule has 0 bridgehead atoms. The zero-order chi connectivity index (χ0) is 8.27. The zero-order valence-electron chi connectivity index (χ0n) is 5.30. The molecule has 1 rings (SSSR count). The van der Waals surface area contributed by atoms with Crippen LogP contribution < -0.4 is 4.74 Å². The maximum atomic E-state index is 8.18. The second kappa shape index (κ2) is 3.82. The van der Waals surface area contributed by atoms with Gasteiger partial charge in [0.25, 0.3) is 0 Å². The molecular weight excluding hydrogens is 205 g/mol. The Morgan fingerprint density at radius 3 is 2.82 bits per heavy atom. The summed E-state index contributed by atoms with van der Waals surface area (Å²) < 4.78 is 4.95. The van der Waals surface area contributed by atoms with Crippen molar-refractivity contribution in [3.8, 4) is 11.1 Å². The van der Waals surface area contributed by atoms with E-state index in [1.807, 2.05) is 6.07 Å². The van der Waals surface area contributed by atoms with Crippen molar-refractivity contribution < 1.29 is 4.74 Å². The Labute approximate surface area is 77.9 Å². The number of rotatable bonds is 2. The van der Waals surface area contributed by atoms with E-state index in [0.29, 0.717) is 15.1 Å². The van der Waals surface area contributed by atoms with Crippen LogP contribution in [0.1, 0.15) is 0 Å². The monoisotopic (exact) mass is 207 g/mol. The Bertz CT molecular complexity index is 291. The van der Waals surface area contributed by atoms with Gasteiger partial charge in [0.05, 0.1) is 5.02 Å². The van der Waals surface area contributed by atoms with Gasteiger partial charge in [-0.25, -0.2) is 0 Å². The van der Waals surface area contributed by atoms with Crippen LogP contribution in [0.2, 0.25) is 10.0 Å². The van der Waals surface area contributed by atoms with E-state index >= 15 is 0 Å². The van der Waals surface area contributed by atoms with Gasteiger partial charge >= 0.3 is 0 Å². The minimum absolute atomic E-state index is 0.00341. The molecule has 0 spiro atoms. The molecule has 0 radical (unpaired) electrons. The predicted molar refractivity (Wildman–Crippen MR) is 45.4 cm³/mol. The Morgan fingerprint density at radius 2 is 2.36 bits per heavy atom. The van der Waals surface area contributed by atoms with Crippen LogP contribution in [0.4, 0.5) is 0 Å². The summed E-state index contributed by atoms with van der Waals surface area (Å²) in [4.78, 5) is 0. The summed E-state index contributed by atoms with van der Waals surface area (Å²) in [6.07, 6.45) is 0. The van der Waals surface area contributed by atoms with Gasteiger partial charge in [-0.05, 0) is 0 Å². The fraction of sp³-hybridized carbons (Fsp3) is 0.167. The van der Waals surface area contributed by atoms with Crippen LogP contribution in [0.3, 0.4) is 0 Å². The Morgan fingerprint density at radius 1 is 1.64 bits per heavy atom. The largest absolute Gasteiger partial charge is 0.468 e. The van der Waals surface area contributed by atoms with Crippen molar-refractivity contribution in [3.63, 3.8) is 0 Å². The van der Waals surface area contributed by atoms with E-state index in [-0.39, 0.29) is 6.61 Å². The average Bonchev–Trinajstić information content (AvgIpc) is 2.31. The molecule has 1 aromatic heterocycles. The number of nitriles is 1. The molecule has 11 heavy (non-hydrogen) atoms. The molecule has 0 fully saturated rings. The number of ether oxygens (including phenoxy) is 1. The summed E-state index contributed by atoms with van der Waals surface area (Å²) >= 11 is 12.6. The summed E-state index contributed by atoms with van der Waals surface area (Å²) in [7, 11) is 0. The van der Waals surface area contributed by atoms with Gasteiger partial charge in [0.15, 0.2) is 11.7 Å². The lowest BCUT2D eigenvalue weighted by Crippen LogP contribution is -1.90. The first-order valence-corrected chi connectivity index (χ1v) is 4.31. The molecular formula is C6H3Cl2NOS. The molecule has 0 saturated carbocycles. The van der Waals surface area contributed by atoms with Crippen molar-refractivity contribution >= 4 is 34.5 Å². The van der Waals surface area contributed by atoms with Crippen molar-refractivity contribution in [2.75, 3.05) is 6.61 Å². The number of nitrogens with zero attached hydrogens (tertiary/aromatic N) is 1. The molecule has 1 heterocycles. The Kier molecular flexibility index (Phi) is 3.01. The van der Waals surface area contributed by atoms with Crippen molar-refractivity contribution in [1.82, 2.24) is 0 Å². The lowest BCUT2D eigenvalue weighted by atomic mass is 10.6. The summed E-state index contributed by atoms with van der Waals surface area (Å²) in [5.74, 6) is 0. The van der Waals surface area contributed by atoms with Gasteiger partial charge in [0, 0.05) is 5.38 Å². The van der Waals surface area contributed by atoms with Gasteiger partial charge in [-0.15, -0.1) is 11.3 Å². The summed E-state index contributed by atoms with van der Waals surface area (Å²) in [5.41, 5.74) is 0. The average molecular weight is 208 g/mol. The predicted octanol–water partition coefficient (Wildman–Crippen LogP) is 2.96. The summed E-state index contributed by atoms with van der Waals surface area (Å²) in [6, 6.07) is 1.84. The van der Waals surface area contributed by atoms with Crippen LogP contribution in [0.5, 0.6) is 5.06 Å². The van der Waals surface area contributed by atoms with Gasteiger partial charge in [0.2, 0.25) is 0 Å².